The second-order valence-electron chi connectivity index (χ2n) is 5.31. The summed E-state index contributed by atoms with van der Waals surface area (Å²) in [5, 5.41) is 6.00. The molecule has 0 aliphatic rings. The molecule has 5 heteroatoms. The molecule has 1 atom stereocenters. The van der Waals surface area contributed by atoms with Crippen molar-refractivity contribution < 1.29 is 9.53 Å². The number of hydrogen-bond acceptors (Lipinski definition) is 3. The SMILES string of the molecule is CCC(C)NC(=S)NC(=O)COc1ccccc1C(C)C. The van der Waals surface area contributed by atoms with Gasteiger partial charge in [-0.25, -0.2) is 0 Å². The first-order chi connectivity index (χ1) is 9.93. The highest BCUT2D eigenvalue weighted by molar-refractivity contribution is 7.80. The van der Waals surface area contributed by atoms with E-state index < -0.39 is 0 Å². The van der Waals surface area contributed by atoms with Crippen molar-refractivity contribution >= 4 is 23.2 Å². The van der Waals surface area contributed by atoms with E-state index in [2.05, 4.69) is 24.5 Å². The van der Waals surface area contributed by atoms with E-state index in [1.807, 2.05) is 38.1 Å². The number of hydrogen-bond donors (Lipinski definition) is 2. The van der Waals surface area contributed by atoms with Crippen molar-refractivity contribution in [2.45, 2.75) is 46.1 Å². The molecule has 21 heavy (non-hydrogen) atoms. The van der Waals surface area contributed by atoms with Crippen LogP contribution in [0, 0.1) is 0 Å². The number of carbonyl (C=O) groups excluding carboxylic acids is 1. The third-order valence-corrected chi connectivity index (χ3v) is 3.36. The van der Waals surface area contributed by atoms with Gasteiger partial charge in [0.1, 0.15) is 5.75 Å². The third-order valence-electron chi connectivity index (χ3n) is 3.14. The summed E-state index contributed by atoms with van der Waals surface area (Å²) in [6.45, 7) is 8.19. The molecule has 0 spiro atoms. The van der Waals surface area contributed by atoms with Gasteiger partial charge in [0.15, 0.2) is 11.7 Å². The molecule has 0 aromatic heterocycles. The molecule has 4 nitrogen and oxygen atoms in total. The molecule has 0 bridgehead atoms. The number of carbonyl (C=O) groups is 1. The molecule has 0 saturated carbocycles. The molecule has 0 fully saturated rings. The van der Waals surface area contributed by atoms with E-state index in [1.165, 1.54) is 0 Å². The largest absolute Gasteiger partial charge is 0.483 e. The van der Waals surface area contributed by atoms with E-state index in [0.717, 1.165) is 17.7 Å². The van der Waals surface area contributed by atoms with Crippen molar-refractivity contribution in [2.24, 2.45) is 0 Å². The van der Waals surface area contributed by atoms with Crippen LogP contribution in [-0.4, -0.2) is 23.7 Å². The van der Waals surface area contributed by atoms with Gasteiger partial charge in [0.05, 0.1) is 0 Å². The van der Waals surface area contributed by atoms with Gasteiger partial charge in [0.25, 0.3) is 5.91 Å². The first-order valence-electron chi connectivity index (χ1n) is 7.26. The highest BCUT2D eigenvalue weighted by atomic mass is 32.1. The highest BCUT2D eigenvalue weighted by Gasteiger charge is 2.10. The molecule has 0 aliphatic carbocycles. The van der Waals surface area contributed by atoms with E-state index in [4.69, 9.17) is 17.0 Å². The predicted molar refractivity (Wildman–Crippen MR) is 89.7 cm³/mol. The standard InChI is InChI=1S/C16H24N2O2S/c1-5-12(4)17-16(21)18-15(19)10-20-14-9-7-6-8-13(14)11(2)3/h6-9,11-12H,5,10H2,1-4H3,(H2,17,18,19,21). The molecular weight excluding hydrogens is 284 g/mol. The zero-order valence-corrected chi connectivity index (χ0v) is 13.9. The Labute approximate surface area is 132 Å². The Balaban J connectivity index is 2.48. The molecule has 0 aliphatic heterocycles. The smallest absolute Gasteiger partial charge is 0.264 e. The van der Waals surface area contributed by atoms with Crippen LogP contribution in [-0.2, 0) is 4.79 Å². The second-order valence-corrected chi connectivity index (χ2v) is 5.72. The number of amides is 1. The Bertz CT molecular complexity index is 489. The minimum absolute atomic E-state index is 0.0495. The molecule has 1 unspecified atom stereocenters. The Morgan fingerprint density at radius 3 is 2.57 bits per heavy atom. The summed E-state index contributed by atoms with van der Waals surface area (Å²) in [7, 11) is 0. The average Bonchev–Trinajstić information content (AvgIpc) is 2.44. The summed E-state index contributed by atoms with van der Waals surface area (Å²) < 4.78 is 5.59. The fraction of sp³-hybridized carbons (Fsp3) is 0.500. The number of ether oxygens (including phenoxy) is 1. The van der Waals surface area contributed by atoms with E-state index in [9.17, 15) is 4.79 Å². The van der Waals surface area contributed by atoms with Crippen LogP contribution in [0.15, 0.2) is 24.3 Å². The minimum Gasteiger partial charge on any atom is -0.483 e. The van der Waals surface area contributed by atoms with Crippen LogP contribution in [0.25, 0.3) is 0 Å². The van der Waals surface area contributed by atoms with Crippen LogP contribution in [0.3, 0.4) is 0 Å². The Hall–Kier alpha value is -1.62. The van der Waals surface area contributed by atoms with E-state index in [-0.39, 0.29) is 18.6 Å². The first-order valence-corrected chi connectivity index (χ1v) is 7.66. The van der Waals surface area contributed by atoms with Gasteiger partial charge in [0, 0.05) is 6.04 Å². The van der Waals surface area contributed by atoms with Gasteiger partial charge in [-0.1, -0.05) is 39.0 Å². The third kappa shape index (κ3) is 6.12. The van der Waals surface area contributed by atoms with Gasteiger partial charge in [-0.05, 0) is 43.1 Å². The lowest BCUT2D eigenvalue weighted by atomic mass is 10.0. The lowest BCUT2D eigenvalue weighted by Gasteiger charge is -2.16. The molecule has 1 rings (SSSR count). The quantitative estimate of drug-likeness (QED) is 0.793. The van der Waals surface area contributed by atoms with Crippen LogP contribution in [0.1, 0.15) is 45.6 Å². The molecule has 0 saturated heterocycles. The molecule has 0 radical (unpaired) electrons. The van der Waals surface area contributed by atoms with Crippen molar-refractivity contribution in [3.8, 4) is 5.75 Å². The van der Waals surface area contributed by atoms with E-state index in [0.29, 0.717) is 11.0 Å². The van der Waals surface area contributed by atoms with Gasteiger partial charge in [-0.15, -0.1) is 0 Å². The van der Waals surface area contributed by atoms with Crippen LogP contribution >= 0.6 is 12.2 Å². The van der Waals surface area contributed by atoms with Gasteiger partial charge in [-0.3, -0.25) is 4.79 Å². The van der Waals surface area contributed by atoms with Crippen LogP contribution < -0.4 is 15.4 Å². The first kappa shape index (κ1) is 17.4. The van der Waals surface area contributed by atoms with Gasteiger partial charge >= 0.3 is 0 Å². The fourth-order valence-corrected chi connectivity index (χ4v) is 2.07. The summed E-state index contributed by atoms with van der Waals surface area (Å²) in [4.78, 5) is 11.8. The van der Waals surface area contributed by atoms with Crippen LogP contribution in [0.4, 0.5) is 0 Å². The summed E-state index contributed by atoms with van der Waals surface area (Å²) in [6, 6.07) is 7.98. The summed E-state index contributed by atoms with van der Waals surface area (Å²) in [6.07, 6.45) is 0.939. The van der Waals surface area contributed by atoms with Crippen molar-refractivity contribution in [3.05, 3.63) is 29.8 Å². The molecular formula is C16H24N2O2S. The molecule has 1 aromatic rings. The van der Waals surface area contributed by atoms with Crippen molar-refractivity contribution in [3.63, 3.8) is 0 Å². The summed E-state index contributed by atoms with van der Waals surface area (Å²) in [5.41, 5.74) is 1.09. The van der Waals surface area contributed by atoms with Crippen molar-refractivity contribution in [2.75, 3.05) is 6.61 Å². The topological polar surface area (TPSA) is 50.4 Å². The van der Waals surface area contributed by atoms with Gasteiger partial charge in [0.2, 0.25) is 0 Å². The second kappa shape index (κ2) is 8.62. The van der Waals surface area contributed by atoms with Crippen molar-refractivity contribution in [1.29, 1.82) is 0 Å². The monoisotopic (exact) mass is 308 g/mol. The summed E-state index contributed by atoms with van der Waals surface area (Å²) >= 11 is 5.07. The minimum atomic E-state index is -0.255. The number of rotatable bonds is 6. The maximum atomic E-state index is 11.8. The lowest BCUT2D eigenvalue weighted by Crippen LogP contribution is -2.44. The lowest BCUT2D eigenvalue weighted by molar-refractivity contribution is -0.121. The Morgan fingerprint density at radius 1 is 1.29 bits per heavy atom. The van der Waals surface area contributed by atoms with Gasteiger partial charge in [-0.2, -0.15) is 0 Å². The van der Waals surface area contributed by atoms with E-state index in [1.54, 1.807) is 0 Å². The fourth-order valence-electron chi connectivity index (χ4n) is 1.76. The van der Waals surface area contributed by atoms with Gasteiger partial charge < -0.3 is 15.4 Å². The molecule has 2 N–H and O–H groups in total. The van der Waals surface area contributed by atoms with Crippen LogP contribution in [0.2, 0.25) is 0 Å². The molecule has 1 amide bonds. The predicted octanol–water partition coefficient (Wildman–Crippen LogP) is 2.98. The highest BCUT2D eigenvalue weighted by Crippen LogP contribution is 2.25. The van der Waals surface area contributed by atoms with Crippen LogP contribution in [0.5, 0.6) is 5.75 Å². The normalized spacial score (nSPS) is 11.9. The number of benzene rings is 1. The number of para-hydroxylation sites is 1. The maximum absolute atomic E-state index is 11.8. The maximum Gasteiger partial charge on any atom is 0.264 e. The number of thiocarbonyl (C=S) groups is 1. The average molecular weight is 308 g/mol. The molecule has 0 heterocycles. The molecule has 116 valence electrons. The zero-order valence-electron chi connectivity index (χ0n) is 13.1. The summed E-state index contributed by atoms with van der Waals surface area (Å²) in [5.74, 6) is 0.829. The van der Waals surface area contributed by atoms with Crippen molar-refractivity contribution in [1.82, 2.24) is 10.6 Å². The number of nitrogens with one attached hydrogen (secondary N) is 2. The Morgan fingerprint density at radius 2 is 1.95 bits per heavy atom. The van der Waals surface area contributed by atoms with E-state index >= 15 is 0 Å². The Kier molecular flexibility index (Phi) is 7.15. The molecule has 1 aromatic carbocycles. The zero-order chi connectivity index (χ0) is 15.8.